The summed E-state index contributed by atoms with van der Waals surface area (Å²) in [5, 5.41) is 0. The molecule has 2 aromatic rings. The lowest BCUT2D eigenvalue weighted by molar-refractivity contribution is -0.112. The van der Waals surface area contributed by atoms with Gasteiger partial charge in [-0.15, -0.1) is 0 Å². The standard InChI is InChI=1S/C28H30O7/c1-30-26-12-18(6-8-24(26)34-16-22-14-32-22)10-20-4-3-5-21(28(20)29)11-19-7-9-25(27(13-19)31-2)35-17-23-15-33-23/h6-13,22-23H,3-5,14-17H2,1-2H3/b20-10-,21-11+/t22-,23-/m0/s1. The molecule has 3 aliphatic rings. The summed E-state index contributed by atoms with van der Waals surface area (Å²) in [5.74, 6) is 2.70. The van der Waals surface area contributed by atoms with Crippen molar-refractivity contribution in [3.05, 3.63) is 58.7 Å². The van der Waals surface area contributed by atoms with Gasteiger partial charge in [0.25, 0.3) is 0 Å². The molecule has 2 aliphatic heterocycles. The molecule has 5 rings (SSSR count). The average molecular weight is 479 g/mol. The molecule has 35 heavy (non-hydrogen) atoms. The van der Waals surface area contributed by atoms with E-state index in [1.54, 1.807) is 14.2 Å². The fourth-order valence-corrected chi connectivity index (χ4v) is 4.06. The number of hydrogen-bond acceptors (Lipinski definition) is 7. The SMILES string of the molecule is COc1cc(/C=C2/CCC/C(=C\c3ccc(OC[C@@H]4CO4)c(OC)c3)C2=O)ccc1OC[C@@H]1CO1. The van der Waals surface area contributed by atoms with E-state index in [0.717, 1.165) is 54.7 Å². The van der Waals surface area contributed by atoms with Crippen LogP contribution in [-0.2, 0) is 14.3 Å². The van der Waals surface area contributed by atoms with Crippen molar-refractivity contribution < 1.29 is 33.2 Å². The molecule has 2 aromatic carbocycles. The lowest BCUT2D eigenvalue weighted by Gasteiger charge is -2.17. The molecule has 7 heteroatoms. The molecule has 184 valence electrons. The molecule has 0 radical (unpaired) electrons. The van der Waals surface area contributed by atoms with Crippen LogP contribution in [0.15, 0.2) is 47.5 Å². The van der Waals surface area contributed by atoms with Gasteiger partial charge in [-0.2, -0.15) is 0 Å². The number of epoxide rings is 2. The normalized spacial score (nSPS) is 23.3. The van der Waals surface area contributed by atoms with Gasteiger partial charge in [0.2, 0.25) is 0 Å². The Balaban J connectivity index is 1.31. The number of allylic oxidation sites excluding steroid dienone is 2. The molecule has 0 spiro atoms. The second kappa shape index (κ2) is 10.5. The summed E-state index contributed by atoms with van der Waals surface area (Å²) in [6.45, 7) is 2.50. The molecule has 3 fully saturated rings. The van der Waals surface area contributed by atoms with Crippen LogP contribution in [0.5, 0.6) is 23.0 Å². The van der Waals surface area contributed by atoms with E-state index < -0.39 is 0 Å². The fraction of sp³-hybridized carbons (Fsp3) is 0.393. The minimum absolute atomic E-state index is 0.0756. The van der Waals surface area contributed by atoms with Crippen LogP contribution in [0.1, 0.15) is 30.4 Å². The van der Waals surface area contributed by atoms with Crippen molar-refractivity contribution in [2.45, 2.75) is 31.5 Å². The number of ketones is 1. The fourth-order valence-electron chi connectivity index (χ4n) is 4.06. The van der Waals surface area contributed by atoms with Crippen molar-refractivity contribution in [3.8, 4) is 23.0 Å². The highest BCUT2D eigenvalue weighted by Crippen LogP contribution is 2.34. The van der Waals surface area contributed by atoms with Gasteiger partial charge in [0.15, 0.2) is 28.8 Å². The Bertz CT molecular complexity index is 1050. The van der Waals surface area contributed by atoms with Gasteiger partial charge >= 0.3 is 0 Å². The quantitative estimate of drug-likeness (QED) is 0.368. The van der Waals surface area contributed by atoms with Gasteiger partial charge in [-0.3, -0.25) is 4.79 Å². The van der Waals surface area contributed by atoms with Crippen LogP contribution >= 0.6 is 0 Å². The zero-order valence-electron chi connectivity index (χ0n) is 20.1. The van der Waals surface area contributed by atoms with Gasteiger partial charge in [-0.05, 0) is 66.8 Å². The Morgan fingerprint density at radius 1 is 0.771 bits per heavy atom. The van der Waals surface area contributed by atoms with E-state index in [2.05, 4.69) is 0 Å². The first-order chi connectivity index (χ1) is 17.1. The zero-order chi connectivity index (χ0) is 24.2. The van der Waals surface area contributed by atoms with Crippen LogP contribution in [0, 0.1) is 0 Å². The van der Waals surface area contributed by atoms with Crippen LogP contribution in [0.2, 0.25) is 0 Å². The first-order valence-electron chi connectivity index (χ1n) is 11.9. The van der Waals surface area contributed by atoms with Gasteiger partial charge in [0, 0.05) is 11.1 Å². The first kappa shape index (κ1) is 23.5. The summed E-state index contributed by atoms with van der Waals surface area (Å²) < 4.78 is 33.0. The van der Waals surface area contributed by atoms with Crippen LogP contribution in [0.4, 0.5) is 0 Å². The van der Waals surface area contributed by atoms with E-state index in [1.807, 2.05) is 48.6 Å². The van der Waals surface area contributed by atoms with E-state index in [9.17, 15) is 4.79 Å². The highest BCUT2D eigenvalue weighted by molar-refractivity contribution is 6.14. The first-order valence-corrected chi connectivity index (χ1v) is 11.9. The molecule has 1 saturated carbocycles. The van der Waals surface area contributed by atoms with Crippen LogP contribution in [0.25, 0.3) is 12.2 Å². The summed E-state index contributed by atoms with van der Waals surface area (Å²) in [5.41, 5.74) is 3.40. The average Bonchev–Trinajstić information content (AvgIpc) is 3.80. The molecule has 0 N–H and O–H groups in total. The molecule has 0 amide bonds. The summed E-state index contributed by atoms with van der Waals surface area (Å²) in [7, 11) is 3.23. The van der Waals surface area contributed by atoms with Gasteiger partial charge in [0.05, 0.1) is 27.4 Å². The van der Waals surface area contributed by atoms with Gasteiger partial charge in [0.1, 0.15) is 25.4 Å². The number of carbonyl (C=O) groups excluding carboxylic acids is 1. The summed E-state index contributed by atoms with van der Waals surface area (Å²) in [6.07, 6.45) is 6.65. The maximum absolute atomic E-state index is 13.3. The molecular formula is C28H30O7. The number of carbonyl (C=O) groups is 1. The van der Waals surface area contributed by atoms with Gasteiger partial charge in [-0.1, -0.05) is 12.1 Å². The Hall–Kier alpha value is -3.29. The molecule has 2 atom stereocenters. The topological polar surface area (TPSA) is 79.0 Å². The lowest BCUT2D eigenvalue weighted by Crippen LogP contribution is -2.12. The Morgan fingerprint density at radius 3 is 1.63 bits per heavy atom. The lowest BCUT2D eigenvalue weighted by atomic mass is 9.87. The van der Waals surface area contributed by atoms with Crippen LogP contribution < -0.4 is 18.9 Å². The molecule has 0 bridgehead atoms. The predicted molar refractivity (Wildman–Crippen MR) is 131 cm³/mol. The van der Waals surface area contributed by atoms with E-state index in [-0.39, 0.29) is 18.0 Å². The molecule has 2 heterocycles. The highest BCUT2D eigenvalue weighted by Gasteiger charge is 2.25. The van der Waals surface area contributed by atoms with Crippen molar-refractivity contribution >= 4 is 17.9 Å². The number of benzene rings is 2. The molecule has 0 aromatic heterocycles. The third kappa shape index (κ3) is 6.05. The number of hydrogen-bond donors (Lipinski definition) is 0. The highest BCUT2D eigenvalue weighted by atomic mass is 16.6. The van der Waals surface area contributed by atoms with E-state index in [4.69, 9.17) is 28.4 Å². The van der Waals surface area contributed by atoms with Crippen molar-refractivity contribution in [2.24, 2.45) is 0 Å². The Labute approximate surface area is 205 Å². The van der Waals surface area contributed by atoms with Gasteiger partial charge in [-0.25, -0.2) is 0 Å². The summed E-state index contributed by atoms with van der Waals surface area (Å²) >= 11 is 0. The van der Waals surface area contributed by atoms with Crippen LogP contribution in [0.3, 0.4) is 0 Å². The number of Topliss-reactive ketones (excluding diaryl/α,β-unsaturated/α-hetero) is 1. The predicted octanol–water partition coefficient (Wildman–Crippen LogP) is 4.48. The van der Waals surface area contributed by atoms with Crippen LogP contribution in [-0.4, -0.2) is 58.6 Å². The number of rotatable bonds is 10. The zero-order valence-corrected chi connectivity index (χ0v) is 20.1. The number of methoxy groups -OCH3 is 2. The van der Waals surface area contributed by atoms with Crippen molar-refractivity contribution in [2.75, 3.05) is 40.6 Å². The molecule has 7 nitrogen and oxygen atoms in total. The largest absolute Gasteiger partial charge is 0.493 e. The van der Waals surface area contributed by atoms with E-state index >= 15 is 0 Å². The summed E-state index contributed by atoms with van der Waals surface area (Å²) in [4.78, 5) is 13.3. The Kier molecular flexibility index (Phi) is 7.06. The van der Waals surface area contributed by atoms with Crippen molar-refractivity contribution in [1.82, 2.24) is 0 Å². The van der Waals surface area contributed by atoms with Crippen molar-refractivity contribution in [3.63, 3.8) is 0 Å². The molecule has 1 aliphatic carbocycles. The summed E-state index contributed by atoms with van der Waals surface area (Å²) in [6, 6.07) is 11.4. The van der Waals surface area contributed by atoms with E-state index in [0.29, 0.717) is 36.2 Å². The third-order valence-electron chi connectivity index (χ3n) is 6.19. The van der Waals surface area contributed by atoms with Gasteiger partial charge < -0.3 is 28.4 Å². The Morgan fingerprint density at radius 2 is 1.23 bits per heavy atom. The number of ether oxygens (including phenoxy) is 6. The monoisotopic (exact) mass is 478 g/mol. The van der Waals surface area contributed by atoms with E-state index in [1.165, 1.54) is 0 Å². The second-order valence-corrected chi connectivity index (χ2v) is 8.88. The molecule has 0 unspecified atom stereocenters. The smallest absolute Gasteiger partial charge is 0.185 e. The molecule has 2 saturated heterocycles. The third-order valence-corrected chi connectivity index (χ3v) is 6.19. The minimum Gasteiger partial charge on any atom is -0.493 e. The maximum atomic E-state index is 13.3. The molecular weight excluding hydrogens is 448 g/mol. The second-order valence-electron chi connectivity index (χ2n) is 8.88. The van der Waals surface area contributed by atoms with Crippen molar-refractivity contribution in [1.29, 1.82) is 0 Å². The minimum atomic E-state index is 0.0756. The maximum Gasteiger partial charge on any atom is 0.185 e.